The molecule has 0 spiro atoms. The molecular weight excluding hydrogens is 1550 g/mol. The first-order chi connectivity index (χ1) is 62.9. The Hall–Kier alpha value is -14.0. The van der Waals surface area contributed by atoms with Crippen LogP contribution < -0.4 is 39.2 Å². The molecule has 0 bridgehead atoms. The summed E-state index contributed by atoms with van der Waals surface area (Å²) in [6, 6.07) is 62.2. The van der Waals surface area contributed by atoms with E-state index >= 15 is 0 Å². The molecule has 10 aromatic heterocycles. The van der Waals surface area contributed by atoms with Gasteiger partial charge in [0, 0.05) is 145 Å². The van der Waals surface area contributed by atoms with E-state index in [0.717, 1.165) is 166 Å². The summed E-state index contributed by atoms with van der Waals surface area (Å²) >= 11 is 0. The summed E-state index contributed by atoms with van der Waals surface area (Å²) in [6.45, 7) is 33.9. The average Bonchev–Trinajstić information content (AvgIpc) is 1.57. The van der Waals surface area contributed by atoms with Crippen molar-refractivity contribution in [2.75, 3.05) is 46.2 Å². The SMILES string of the molecule is [2H]C(C)(C)N1C=CN(c2c(C)ccc3c2oc2ncccc23)C1C.[2H]C(C)(C)N1C=CN(c2c(C)ccc3c2oc2ncccc23)C1C.[2H]C(C)(C)N1c2ccccc2N(c2c(C)ccc3c2oc2ncccc23)C1C.[2H]C(C)(C)N1c2ccccc2N(c2c(C)ccc3c2oc2ncccc23)C1C.[2H]C([2H])([2H])N1c2ccccc2N(c2c(C)ccc3c2oc2ncccc23)C1C. The van der Waals surface area contributed by atoms with Crippen LogP contribution in [0, 0.1) is 34.6 Å². The maximum absolute atomic E-state index is 8.71. The van der Waals surface area contributed by atoms with Gasteiger partial charge >= 0.3 is 0 Å². The lowest BCUT2D eigenvalue weighted by atomic mass is 10.1. The molecule has 632 valence electrons. The number of aryl methyl sites for hydroxylation is 5. The normalized spacial score (nSPS) is 18.5. The van der Waals surface area contributed by atoms with Crippen molar-refractivity contribution in [2.24, 2.45) is 0 Å². The predicted molar refractivity (Wildman–Crippen MR) is 515 cm³/mol. The molecule has 15 heterocycles. The summed E-state index contributed by atoms with van der Waals surface area (Å²) < 4.78 is 89.1. The van der Waals surface area contributed by atoms with Gasteiger partial charge in [0.05, 0.1) is 68.0 Å². The third-order valence-corrected chi connectivity index (χ3v) is 25.0. The number of pyridine rings is 5. The predicted octanol–water partition coefficient (Wildman–Crippen LogP) is 26.5. The van der Waals surface area contributed by atoms with Crippen molar-refractivity contribution < 1.29 is 31.7 Å². The van der Waals surface area contributed by atoms with Crippen molar-refractivity contribution in [3.8, 4) is 0 Å². The Morgan fingerprint density at radius 1 is 0.272 bits per heavy atom. The summed E-state index contributed by atoms with van der Waals surface area (Å²) in [4.78, 5) is 42.7. The first-order valence-electron chi connectivity index (χ1n) is 46.3. The largest absolute Gasteiger partial charge is 0.435 e. The smallest absolute Gasteiger partial charge is 0.227 e. The first kappa shape index (κ1) is 72.6. The van der Waals surface area contributed by atoms with Crippen LogP contribution in [0.4, 0.5) is 62.6 Å². The Bertz CT molecular complexity index is 6990. The van der Waals surface area contributed by atoms with Crippen LogP contribution in [0.2, 0.25) is 0 Å². The fourth-order valence-electron chi connectivity index (χ4n) is 19.3. The lowest BCUT2D eigenvalue weighted by Crippen LogP contribution is -2.42. The zero-order valence-electron chi connectivity index (χ0n) is 80.8. The molecule has 23 rings (SSSR count). The van der Waals surface area contributed by atoms with Gasteiger partial charge in [0.1, 0.15) is 30.8 Å². The van der Waals surface area contributed by atoms with Gasteiger partial charge in [-0.05, 0) is 250 Å². The van der Waals surface area contributed by atoms with Crippen LogP contribution in [0.25, 0.3) is 110 Å². The summed E-state index contributed by atoms with van der Waals surface area (Å²) in [5, 5.41) is 10.3. The van der Waals surface area contributed by atoms with Crippen LogP contribution in [0.3, 0.4) is 0 Å². The Morgan fingerprint density at radius 3 is 0.800 bits per heavy atom. The van der Waals surface area contributed by atoms with Gasteiger partial charge in [-0.2, -0.15) is 0 Å². The molecule has 125 heavy (non-hydrogen) atoms. The Balaban J connectivity index is 0.000000107. The van der Waals surface area contributed by atoms with Gasteiger partial charge in [-0.3, -0.25) is 0 Å². The second kappa shape index (κ2) is 32.0. The van der Waals surface area contributed by atoms with E-state index in [1.165, 1.54) is 4.90 Å². The topological polar surface area (TPSA) is 163 Å². The Kier molecular flexibility index (Phi) is 18.6. The highest BCUT2D eigenvalue weighted by Crippen LogP contribution is 2.53. The number of rotatable bonds is 9. The molecule has 5 aliphatic rings. The van der Waals surface area contributed by atoms with Gasteiger partial charge < -0.3 is 71.1 Å². The van der Waals surface area contributed by atoms with E-state index in [1.807, 2.05) is 213 Å². The summed E-state index contributed by atoms with van der Waals surface area (Å²) in [5.74, 6) is 0. The Labute approximate surface area is 738 Å². The molecule has 0 fully saturated rings. The van der Waals surface area contributed by atoms with E-state index < -0.39 is 37.2 Å². The number of para-hydroxylation sites is 6. The molecule has 20 nitrogen and oxygen atoms in total. The van der Waals surface area contributed by atoms with E-state index in [2.05, 4.69) is 200 Å². The number of hydrogen-bond donors (Lipinski definition) is 0. The number of furan rings is 5. The van der Waals surface area contributed by atoms with Crippen molar-refractivity contribution in [1.82, 2.24) is 34.7 Å². The lowest BCUT2D eigenvalue weighted by Gasteiger charge is -2.33. The molecular formula is C105H107N15O5. The van der Waals surface area contributed by atoms with Gasteiger partial charge in [-0.15, -0.1) is 0 Å². The highest BCUT2D eigenvalue weighted by molar-refractivity contribution is 6.14. The van der Waals surface area contributed by atoms with Crippen LogP contribution in [0.15, 0.2) is 272 Å². The van der Waals surface area contributed by atoms with Crippen molar-refractivity contribution in [3.63, 3.8) is 0 Å². The van der Waals surface area contributed by atoms with Crippen LogP contribution >= 0.6 is 0 Å². The zero-order chi connectivity index (χ0) is 93.0. The monoisotopic (exact) mass is 1660 g/mol. The number of nitrogens with zero attached hydrogens (tertiary/aromatic N) is 15. The quantitative estimate of drug-likeness (QED) is 0.134. The molecule has 20 heteroatoms. The first-order valence-corrected chi connectivity index (χ1v) is 42.8. The van der Waals surface area contributed by atoms with Crippen LogP contribution in [0.1, 0.15) is 127 Å². The third-order valence-electron chi connectivity index (χ3n) is 25.0. The molecule has 18 aromatic rings. The minimum Gasteiger partial charge on any atom is -0.435 e. The molecule has 0 saturated heterocycles. The van der Waals surface area contributed by atoms with Crippen LogP contribution in [-0.4, -0.2) is 96.6 Å². The van der Waals surface area contributed by atoms with E-state index in [4.69, 9.17) is 31.7 Å². The summed E-state index contributed by atoms with van der Waals surface area (Å²) in [7, 11) is 0. The van der Waals surface area contributed by atoms with E-state index in [0.29, 0.717) is 34.3 Å². The molecule has 0 saturated carbocycles. The van der Waals surface area contributed by atoms with Gasteiger partial charge in [0.25, 0.3) is 0 Å². The molecule has 8 aromatic carbocycles. The van der Waals surface area contributed by atoms with Gasteiger partial charge in [0.2, 0.25) is 28.6 Å². The minimum atomic E-state index is -2.25. The maximum Gasteiger partial charge on any atom is 0.227 e. The lowest BCUT2D eigenvalue weighted by molar-refractivity contribution is 0.263. The summed E-state index contributed by atoms with van der Waals surface area (Å²) in [6.07, 6.45) is 16.4. The number of aromatic nitrogens is 5. The second-order valence-corrected chi connectivity index (χ2v) is 33.7. The van der Waals surface area contributed by atoms with Crippen molar-refractivity contribution in [3.05, 3.63) is 278 Å². The third kappa shape index (κ3) is 13.4. The van der Waals surface area contributed by atoms with Crippen LogP contribution in [0.5, 0.6) is 0 Å². The maximum atomic E-state index is 8.71. The van der Waals surface area contributed by atoms with Crippen molar-refractivity contribution in [2.45, 2.75) is 180 Å². The molecule has 0 N–H and O–H groups in total. The zero-order valence-corrected chi connectivity index (χ0v) is 73.8. The highest BCUT2D eigenvalue weighted by Gasteiger charge is 2.41. The van der Waals surface area contributed by atoms with E-state index in [1.54, 1.807) is 31.0 Å². The molecule has 0 amide bonds. The van der Waals surface area contributed by atoms with Crippen molar-refractivity contribution >= 4 is 173 Å². The number of hydrogen-bond acceptors (Lipinski definition) is 20. The fourth-order valence-corrected chi connectivity index (χ4v) is 19.3. The van der Waals surface area contributed by atoms with Gasteiger partial charge in [-0.1, -0.05) is 97.1 Å². The summed E-state index contributed by atoms with van der Waals surface area (Å²) in [5.41, 5.74) is 23.8. The number of benzene rings is 8. The molecule has 0 aliphatic carbocycles. The second-order valence-electron chi connectivity index (χ2n) is 33.7. The van der Waals surface area contributed by atoms with Crippen LogP contribution in [-0.2, 0) is 0 Å². The molecule has 0 radical (unpaired) electrons. The number of fused-ring (bicyclic) bond motifs is 18. The molecule has 5 aliphatic heterocycles. The Morgan fingerprint density at radius 2 is 0.528 bits per heavy atom. The highest BCUT2D eigenvalue weighted by atomic mass is 16.4. The van der Waals surface area contributed by atoms with Gasteiger partial charge in [0.15, 0.2) is 27.9 Å². The van der Waals surface area contributed by atoms with E-state index in [-0.39, 0.29) is 24.7 Å². The number of anilines is 11. The van der Waals surface area contributed by atoms with Gasteiger partial charge in [-0.25, -0.2) is 24.9 Å². The minimum absolute atomic E-state index is 0.0182. The standard InChI is InChI=1S/2C23H23N3O.C21H19N3O.2C19H21N3O/c2*1-14(2)25-16(4)26(20-10-6-5-9-19(20)25)21-15(3)11-12-17-18-8-7-13-24-23(18)27-22(17)21;1-13-10-11-15-16-7-6-12-22-21(16)25-20(15)19(13)24-14(2)23(3)17-8-4-5-9-18(17)24;2*1-12(2)21-10-11-22(14(21)4)17-13(3)7-8-15-16-6-5-9-20-19(16)23-18(15)17/h2*5-14,16H,1-4H3;4-12,14H,1-3H3;2*5-12,14H,1-4H3/i2*14D;3D3;2*12D. The molecule has 5 atom stereocenters. The average molecular weight is 1670 g/mol. The molecule has 5 unspecified atom stereocenters. The van der Waals surface area contributed by atoms with Crippen molar-refractivity contribution in [1.29, 1.82) is 0 Å². The van der Waals surface area contributed by atoms with E-state index in [9.17, 15) is 0 Å². The fraction of sp³-hybridized carbons (Fsp3) is 0.267.